The molecule has 0 saturated carbocycles. The molecule has 0 spiro atoms. The van der Waals surface area contributed by atoms with Crippen molar-refractivity contribution in [3.63, 3.8) is 0 Å². The maximum Gasteiger partial charge on any atom is 0.326 e. The van der Waals surface area contributed by atoms with Gasteiger partial charge in [0.05, 0.1) is 4.92 Å². The Morgan fingerprint density at radius 1 is 1.55 bits per heavy atom. The van der Waals surface area contributed by atoms with Crippen LogP contribution in [0.15, 0.2) is 12.4 Å². The molecule has 0 unspecified atom stereocenters. The van der Waals surface area contributed by atoms with Gasteiger partial charge in [-0.25, -0.2) is 4.79 Å². The lowest BCUT2D eigenvalue weighted by Crippen LogP contribution is -2.50. The van der Waals surface area contributed by atoms with Crippen molar-refractivity contribution in [3.8, 4) is 0 Å². The molecule has 9 nitrogen and oxygen atoms in total. The Morgan fingerprint density at radius 2 is 2.18 bits per heavy atom. The SMILES string of the molecule is CCCC[C@H](NC(=O)C(C)(C)n1cc([N+](=O)[O-])cn1)C(=O)O. The molecular weight excluding hydrogens is 292 g/mol. The standard InChI is InChI=1S/C13H20N4O5/c1-4-5-6-10(11(18)19)15-12(20)13(2,3)16-8-9(7-14-16)17(21)22/h7-8,10H,4-6H2,1-3H3,(H,15,20)(H,18,19)/t10-/m0/s1. The Kier molecular flexibility index (Phi) is 5.61. The number of hydrogen-bond acceptors (Lipinski definition) is 5. The molecular formula is C13H20N4O5. The Balaban J connectivity index is 2.88. The second-order valence-electron chi connectivity index (χ2n) is 5.47. The molecule has 1 rings (SSSR count). The van der Waals surface area contributed by atoms with Crippen molar-refractivity contribution in [1.82, 2.24) is 15.1 Å². The van der Waals surface area contributed by atoms with E-state index in [0.29, 0.717) is 12.8 Å². The summed E-state index contributed by atoms with van der Waals surface area (Å²) in [6, 6.07) is -0.989. The number of carbonyl (C=O) groups is 2. The molecule has 0 bridgehead atoms. The summed E-state index contributed by atoms with van der Waals surface area (Å²) in [5, 5.41) is 26.1. The molecule has 0 aliphatic carbocycles. The van der Waals surface area contributed by atoms with Crippen LogP contribution in [-0.2, 0) is 15.1 Å². The van der Waals surface area contributed by atoms with Gasteiger partial charge in [-0.2, -0.15) is 5.10 Å². The number of nitrogens with one attached hydrogen (secondary N) is 1. The van der Waals surface area contributed by atoms with E-state index in [9.17, 15) is 19.7 Å². The van der Waals surface area contributed by atoms with Crippen LogP contribution in [-0.4, -0.2) is 37.7 Å². The number of nitro groups is 1. The number of hydrogen-bond donors (Lipinski definition) is 2. The maximum absolute atomic E-state index is 12.3. The number of aromatic nitrogens is 2. The zero-order chi connectivity index (χ0) is 16.9. The summed E-state index contributed by atoms with van der Waals surface area (Å²) in [5.74, 6) is -1.67. The average molecular weight is 312 g/mol. The molecule has 1 heterocycles. The highest BCUT2D eigenvalue weighted by Crippen LogP contribution is 2.19. The van der Waals surface area contributed by atoms with E-state index in [1.807, 2.05) is 6.92 Å². The van der Waals surface area contributed by atoms with Gasteiger partial charge in [-0.05, 0) is 20.3 Å². The van der Waals surface area contributed by atoms with E-state index >= 15 is 0 Å². The number of nitrogens with zero attached hydrogens (tertiary/aromatic N) is 3. The largest absolute Gasteiger partial charge is 0.480 e. The minimum atomic E-state index is -1.24. The predicted octanol–water partition coefficient (Wildman–Crippen LogP) is 1.29. The van der Waals surface area contributed by atoms with Gasteiger partial charge in [0.15, 0.2) is 0 Å². The highest BCUT2D eigenvalue weighted by Gasteiger charge is 2.34. The molecule has 0 saturated heterocycles. The number of carbonyl (C=O) groups excluding carboxylic acids is 1. The average Bonchev–Trinajstić information content (AvgIpc) is 2.93. The Labute approximate surface area is 127 Å². The lowest BCUT2D eigenvalue weighted by atomic mass is 10.0. The minimum absolute atomic E-state index is 0.235. The number of unbranched alkanes of at least 4 members (excludes halogenated alkanes) is 1. The third kappa shape index (κ3) is 4.03. The Bertz CT molecular complexity index is 567. The fourth-order valence-corrected chi connectivity index (χ4v) is 1.82. The first-order valence-electron chi connectivity index (χ1n) is 6.93. The number of carboxylic acid groups (broad SMARTS) is 1. The fourth-order valence-electron chi connectivity index (χ4n) is 1.82. The predicted molar refractivity (Wildman–Crippen MR) is 77.3 cm³/mol. The summed E-state index contributed by atoms with van der Waals surface area (Å²) >= 11 is 0. The molecule has 22 heavy (non-hydrogen) atoms. The molecule has 0 radical (unpaired) electrons. The molecule has 0 aliphatic rings. The number of rotatable bonds is 8. The van der Waals surface area contributed by atoms with Crippen LogP contribution < -0.4 is 5.32 Å². The van der Waals surface area contributed by atoms with E-state index in [1.165, 1.54) is 13.8 Å². The van der Waals surface area contributed by atoms with Gasteiger partial charge in [-0.3, -0.25) is 19.6 Å². The van der Waals surface area contributed by atoms with E-state index in [2.05, 4.69) is 10.4 Å². The smallest absolute Gasteiger partial charge is 0.326 e. The zero-order valence-electron chi connectivity index (χ0n) is 12.8. The third-order valence-corrected chi connectivity index (χ3v) is 3.36. The van der Waals surface area contributed by atoms with Gasteiger partial charge in [0.1, 0.15) is 24.0 Å². The van der Waals surface area contributed by atoms with Crippen molar-refractivity contribution in [2.75, 3.05) is 0 Å². The van der Waals surface area contributed by atoms with E-state index < -0.39 is 28.4 Å². The molecule has 0 aromatic carbocycles. The molecule has 9 heteroatoms. The monoisotopic (exact) mass is 312 g/mol. The van der Waals surface area contributed by atoms with Crippen LogP contribution >= 0.6 is 0 Å². The summed E-state index contributed by atoms with van der Waals surface area (Å²) in [6.45, 7) is 4.95. The van der Waals surface area contributed by atoms with Crippen molar-refractivity contribution >= 4 is 17.6 Å². The van der Waals surface area contributed by atoms with Gasteiger partial charge in [0.2, 0.25) is 5.91 Å². The Morgan fingerprint density at radius 3 is 2.64 bits per heavy atom. The first kappa shape index (κ1) is 17.6. The third-order valence-electron chi connectivity index (χ3n) is 3.36. The number of carboxylic acids is 1. The first-order valence-corrected chi connectivity index (χ1v) is 6.93. The van der Waals surface area contributed by atoms with E-state index in [0.717, 1.165) is 23.5 Å². The normalized spacial score (nSPS) is 12.7. The van der Waals surface area contributed by atoms with Crippen LogP contribution in [0.5, 0.6) is 0 Å². The van der Waals surface area contributed by atoms with Gasteiger partial charge in [-0.1, -0.05) is 19.8 Å². The lowest BCUT2D eigenvalue weighted by Gasteiger charge is -2.26. The molecule has 1 atom stereocenters. The Hall–Kier alpha value is -2.45. The number of amides is 1. The highest BCUT2D eigenvalue weighted by atomic mass is 16.6. The van der Waals surface area contributed by atoms with Crippen LogP contribution in [0.4, 0.5) is 5.69 Å². The highest BCUT2D eigenvalue weighted by molar-refractivity contribution is 5.88. The van der Waals surface area contributed by atoms with Crippen molar-refractivity contribution in [2.24, 2.45) is 0 Å². The van der Waals surface area contributed by atoms with Crippen LogP contribution in [0.1, 0.15) is 40.0 Å². The minimum Gasteiger partial charge on any atom is -0.480 e. The maximum atomic E-state index is 12.3. The van der Waals surface area contributed by atoms with Gasteiger partial charge in [-0.15, -0.1) is 0 Å². The van der Waals surface area contributed by atoms with Crippen LogP contribution in [0, 0.1) is 10.1 Å². The van der Waals surface area contributed by atoms with Crippen LogP contribution in [0.3, 0.4) is 0 Å². The van der Waals surface area contributed by atoms with Gasteiger partial charge >= 0.3 is 11.7 Å². The number of aliphatic carboxylic acids is 1. The molecule has 1 aromatic heterocycles. The van der Waals surface area contributed by atoms with Crippen molar-refractivity contribution in [2.45, 2.75) is 51.6 Å². The van der Waals surface area contributed by atoms with Crippen LogP contribution in [0.25, 0.3) is 0 Å². The molecule has 2 N–H and O–H groups in total. The quantitative estimate of drug-likeness (QED) is 0.550. The van der Waals surface area contributed by atoms with E-state index in [4.69, 9.17) is 5.11 Å². The molecule has 122 valence electrons. The second-order valence-corrected chi connectivity index (χ2v) is 5.47. The second kappa shape index (κ2) is 7.01. The van der Waals surface area contributed by atoms with Gasteiger partial charge in [0.25, 0.3) is 0 Å². The van der Waals surface area contributed by atoms with E-state index in [1.54, 1.807) is 0 Å². The topological polar surface area (TPSA) is 127 Å². The summed E-state index contributed by atoms with van der Waals surface area (Å²) in [7, 11) is 0. The molecule has 0 fully saturated rings. The molecule has 1 amide bonds. The van der Waals surface area contributed by atoms with Gasteiger partial charge < -0.3 is 10.4 Å². The van der Waals surface area contributed by atoms with Gasteiger partial charge in [0, 0.05) is 0 Å². The molecule has 0 aliphatic heterocycles. The summed E-state index contributed by atoms with van der Waals surface area (Å²) in [4.78, 5) is 33.5. The van der Waals surface area contributed by atoms with E-state index in [-0.39, 0.29) is 5.69 Å². The lowest BCUT2D eigenvalue weighted by molar-refractivity contribution is -0.385. The van der Waals surface area contributed by atoms with Crippen molar-refractivity contribution in [3.05, 3.63) is 22.5 Å². The summed E-state index contributed by atoms with van der Waals surface area (Å²) < 4.78 is 1.15. The fraction of sp³-hybridized carbons (Fsp3) is 0.615. The van der Waals surface area contributed by atoms with Crippen molar-refractivity contribution in [1.29, 1.82) is 0 Å². The molecule has 1 aromatic rings. The van der Waals surface area contributed by atoms with Crippen molar-refractivity contribution < 1.29 is 19.6 Å². The zero-order valence-corrected chi connectivity index (χ0v) is 12.8. The summed E-state index contributed by atoms with van der Waals surface area (Å²) in [5.41, 5.74) is -1.48. The van der Waals surface area contributed by atoms with Crippen LogP contribution in [0.2, 0.25) is 0 Å². The first-order chi connectivity index (χ1) is 10.2. The summed E-state index contributed by atoms with van der Waals surface area (Å²) in [6.07, 6.45) is 3.99.